The zero-order chi connectivity index (χ0) is 12.6. The minimum Gasteiger partial charge on any atom is -0.486 e. The lowest BCUT2D eigenvalue weighted by molar-refractivity contribution is -0.151. The number of ether oxygens (including phenoxy) is 2. The fourth-order valence-electron chi connectivity index (χ4n) is 2.11. The van der Waals surface area contributed by atoms with E-state index in [4.69, 9.17) is 9.47 Å². The summed E-state index contributed by atoms with van der Waals surface area (Å²) in [5.41, 5.74) is 3.44. The molecule has 92 valence electrons. The first-order chi connectivity index (χ1) is 8.04. The molecule has 0 radical (unpaired) electrons. The maximum atomic E-state index is 11.3. The van der Waals surface area contributed by atoms with Gasteiger partial charge in [-0.05, 0) is 37.5 Å². The minimum atomic E-state index is -0.394. The van der Waals surface area contributed by atoms with Gasteiger partial charge in [0.05, 0.1) is 0 Å². The van der Waals surface area contributed by atoms with Crippen molar-refractivity contribution in [3.05, 3.63) is 28.8 Å². The molecule has 0 saturated heterocycles. The van der Waals surface area contributed by atoms with E-state index >= 15 is 0 Å². The number of methoxy groups -OCH3 is 1. The zero-order valence-corrected chi connectivity index (χ0v) is 10.7. The molecule has 0 spiro atoms. The summed E-state index contributed by atoms with van der Waals surface area (Å²) in [5.74, 6) is 1.02. The molecule has 1 aromatic rings. The zero-order valence-electron chi connectivity index (χ0n) is 10.7. The van der Waals surface area contributed by atoms with Crippen LogP contribution in [0.1, 0.15) is 23.1 Å². The van der Waals surface area contributed by atoms with Crippen molar-refractivity contribution < 1.29 is 14.3 Å². The third-order valence-electron chi connectivity index (χ3n) is 3.45. The van der Waals surface area contributed by atoms with Crippen LogP contribution >= 0.6 is 0 Å². The second-order valence-electron chi connectivity index (χ2n) is 4.64. The summed E-state index contributed by atoms with van der Waals surface area (Å²) in [6.07, 6.45) is -0.0771. The van der Waals surface area contributed by atoms with Gasteiger partial charge in [0.15, 0.2) is 11.9 Å². The van der Waals surface area contributed by atoms with E-state index in [9.17, 15) is 4.79 Å². The first kappa shape index (κ1) is 12.1. The number of ketones is 1. The molecular weight excluding hydrogens is 216 g/mol. The second-order valence-corrected chi connectivity index (χ2v) is 4.64. The Kier molecular flexibility index (Phi) is 3.20. The van der Waals surface area contributed by atoms with Crippen molar-refractivity contribution in [3.8, 4) is 5.75 Å². The van der Waals surface area contributed by atoms with E-state index in [1.54, 1.807) is 7.11 Å². The highest BCUT2D eigenvalue weighted by molar-refractivity contribution is 5.90. The molecule has 2 atom stereocenters. The highest BCUT2D eigenvalue weighted by Gasteiger charge is 2.42. The van der Waals surface area contributed by atoms with Crippen LogP contribution in [0.2, 0.25) is 0 Å². The molecule has 1 fully saturated rings. The quantitative estimate of drug-likeness (QED) is 0.805. The van der Waals surface area contributed by atoms with Gasteiger partial charge >= 0.3 is 0 Å². The molecule has 0 amide bonds. The molecule has 0 aromatic heterocycles. The summed E-state index contributed by atoms with van der Waals surface area (Å²) < 4.78 is 11.0. The van der Waals surface area contributed by atoms with Crippen molar-refractivity contribution in [2.45, 2.75) is 39.4 Å². The first-order valence-electron chi connectivity index (χ1n) is 5.83. The monoisotopic (exact) mass is 234 g/mol. The van der Waals surface area contributed by atoms with Crippen LogP contribution in [0.25, 0.3) is 0 Å². The maximum absolute atomic E-state index is 11.3. The number of hydrogen-bond donors (Lipinski definition) is 0. The Morgan fingerprint density at radius 3 is 2.41 bits per heavy atom. The van der Waals surface area contributed by atoms with Gasteiger partial charge in [0.1, 0.15) is 11.9 Å². The average molecular weight is 234 g/mol. The summed E-state index contributed by atoms with van der Waals surface area (Å²) in [6, 6.07) is 4.12. The number of hydrogen-bond acceptors (Lipinski definition) is 3. The van der Waals surface area contributed by atoms with Crippen LogP contribution < -0.4 is 4.74 Å². The molecule has 17 heavy (non-hydrogen) atoms. The molecule has 1 aromatic carbocycles. The predicted molar refractivity (Wildman–Crippen MR) is 65.5 cm³/mol. The standard InChI is InChI=1S/C14H18O3/c1-8-5-6-9(2)13(10(8)3)17-12-7-11(15)14(12)16-4/h5-6,12,14H,7H2,1-4H3. The van der Waals surface area contributed by atoms with Gasteiger partial charge in [-0.15, -0.1) is 0 Å². The Hall–Kier alpha value is -1.35. The van der Waals surface area contributed by atoms with Crippen LogP contribution in [0.5, 0.6) is 5.75 Å². The van der Waals surface area contributed by atoms with Gasteiger partial charge in [-0.2, -0.15) is 0 Å². The molecule has 1 saturated carbocycles. The van der Waals surface area contributed by atoms with Gasteiger partial charge in [0.25, 0.3) is 0 Å². The third kappa shape index (κ3) is 2.07. The van der Waals surface area contributed by atoms with Crippen molar-refractivity contribution in [2.75, 3.05) is 7.11 Å². The largest absolute Gasteiger partial charge is 0.486 e. The molecular formula is C14H18O3. The first-order valence-corrected chi connectivity index (χ1v) is 5.83. The van der Waals surface area contributed by atoms with E-state index in [0.717, 1.165) is 16.9 Å². The molecule has 1 aliphatic carbocycles. The number of carbonyl (C=O) groups excluding carboxylic acids is 1. The number of aryl methyl sites for hydroxylation is 2. The van der Waals surface area contributed by atoms with Crippen LogP contribution in [0.15, 0.2) is 12.1 Å². The molecule has 2 unspecified atom stereocenters. The minimum absolute atomic E-state index is 0.125. The Morgan fingerprint density at radius 2 is 1.82 bits per heavy atom. The molecule has 3 nitrogen and oxygen atoms in total. The van der Waals surface area contributed by atoms with Crippen LogP contribution in [0.3, 0.4) is 0 Å². The smallest absolute Gasteiger partial charge is 0.169 e. The highest BCUT2D eigenvalue weighted by Crippen LogP contribution is 2.31. The van der Waals surface area contributed by atoms with Crippen LogP contribution in [-0.4, -0.2) is 25.1 Å². The van der Waals surface area contributed by atoms with Crippen molar-refractivity contribution >= 4 is 5.78 Å². The van der Waals surface area contributed by atoms with E-state index in [1.807, 2.05) is 19.9 Å². The van der Waals surface area contributed by atoms with E-state index in [0.29, 0.717) is 6.42 Å². The number of benzene rings is 1. The predicted octanol–water partition coefficient (Wildman–Crippen LogP) is 2.35. The molecule has 1 aliphatic rings. The second kappa shape index (κ2) is 4.49. The van der Waals surface area contributed by atoms with Gasteiger partial charge in [-0.25, -0.2) is 0 Å². The van der Waals surface area contributed by atoms with Crippen molar-refractivity contribution in [1.29, 1.82) is 0 Å². The van der Waals surface area contributed by atoms with Crippen molar-refractivity contribution in [1.82, 2.24) is 0 Å². The summed E-state index contributed by atoms with van der Waals surface area (Å²) in [6.45, 7) is 6.12. The van der Waals surface area contributed by atoms with Crippen LogP contribution in [0.4, 0.5) is 0 Å². The third-order valence-corrected chi connectivity index (χ3v) is 3.45. The summed E-state index contributed by atoms with van der Waals surface area (Å²) in [5, 5.41) is 0. The fraction of sp³-hybridized carbons (Fsp3) is 0.500. The SMILES string of the molecule is COC1C(=O)CC1Oc1c(C)ccc(C)c1C. The van der Waals surface area contributed by atoms with Gasteiger partial charge in [-0.1, -0.05) is 12.1 Å². The van der Waals surface area contributed by atoms with Crippen LogP contribution in [-0.2, 0) is 9.53 Å². The lowest BCUT2D eigenvalue weighted by atomic mass is 9.89. The topological polar surface area (TPSA) is 35.5 Å². The molecule has 3 heteroatoms. The lowest BCUT2D eigenvalue weighted by Gasteiger charge is -2.34. The van der Waals surface area contributed by atoms with E-state index in [1.165, 1.54) is 5.56 Å². The number of rotatable bonds is 3. The maximum Gasteiger partial charge on any atom is 0.169 e. The van der Waals surface area contributed by atoms with E-state index in [2.05, 4.69) is 13.0 Å². The lowest BCUT2D eigenvalue weighted by Crippen LogP contribution is -2.51. The average Bonchev–Trinajstić information content (AvgIpc) is 2.28. The molecule has 0 heterocycles. The Bertz CT molecular complexity index is 451. The molecule has 0 aliphatic heterocycles. The van der Waals surface area contributed by atoms with E-state index in [-0.39, 0.29) is 11.9 Å². The van der Waals surface area contributed by atoms with Crippen molar-refractivity contribution in [2.24, 2.45) is 0 Å². The van der Waals surface area contributed by atoms with E-state index < -0.39 is 6.10 Å². The number of Topliss-reactive ketones (excluding diaryl/α,β-unsaturated/α-hetero) is 1. The molecule has 2 rings (SSSR count). The molecule has 0 N–H and O–H groups in total. The number of carbonyl (C=O) groups is 1. The van der Waals surface area contributed by atoms with Crippen LogP contribution in [0, 0.1) is 20.8 Å². The summed E-state index contributed by atoms with van der Waals surface area (Å²) in [4.78, 5) is 11.3. The van der Waals surface area contributed by atoms with Crippen molar-refractivity contribution in [3.63, 3.8) is 0 Å². The molecule has 0 bridgehead atoms. The highest BCUT2D eigenvalue weighted by atomic mass is 16.5. The van der Waals surface area contributed by atoms with Gasteiger partial charge in [0, 0.05) is 13.5 Å². The Labute approximate surface area is 102 Å². The fourth-order valence-corrected chi connectivity index (χ4v) is 2.11. The summed E-state index contributed by atoms with van der Waals surface area (Å²) in [7, 11) is 1.55. The van der Waals surface area contributed by atoms with Gasteiger partial charge in [-0.3, -0.25) is 4.79 Å². The van der Waals surface area contributed by atoms with Gasteiger partial charge < -0.3 is 9.47 Å². The normalized spacial score (nSPS) is 23.4. The Balaban J connectivity index is 2.20. The van der Waals surface area contributed by atoms with Gasteiger partial charge in [0.2, 0.25) is 0 Å². The Morgan fingerprint density at radius 1 is 1.18 bits per heavy atom. The summed E-state index contributed by atoms with van der Waals surface area (Å²) >= 11 is 0.